The number of hydrogen-bond acceptors (Lipinski definition) is 4. The van der Waals surface area contributed by atoms with E-state index in [1.807, 2.05) is 39.0 Å². The minimum absolute atomic E-state index is 0.0567. The number of nitrogens with one attached hydrogen (secondary N) is 1. The molecule has 1 aromatic rings. The van der Waals surface area contributed by atoms with Crippen molar-refractivity contribution >= 4 is 50.4 Å². The van der Waals surface area contributed by atoms with E-state index in [-0.39, 0.29) is 16.2 Å². The molecule has 0 bridgehead atoms. The van der Waals surface area contributed by atoms with E-state index in [0.717, 1.165) is 23.4 Å². The number of hydrogen-bond donors (Lipinski definition) is 1. The molecule has 2 rings (SSSR count). The molecule has 2 heterocycles. The van der Waals surface area contributed by atoms with Crippen LogP contribution in [0.3, 0.4) is 0 Å². The molecule has 1 aliphatic rings. The Balaban J connectivity index is 1.98. The molecule has 116 valence electrons. The molecule has 2 atom stereocenters. The van der Waals surface area contributed by atoms with Crippen LogP contribution in [0.1, 0.15) is 27.2 Å². The Morgan fingerprint density at radius 2 is 2.24 bits per heavy atom. The first-order valence-electron chi connectivity index (χ1n) is 6.79. The molecule has 7 heteroatoms. The van der Waals surface area contributed by atoms with Crippen molar-refractivity contribution in [3.8, 4) is 0 Å². The van der Waals surface area contributed by atoms with Crippen LogP contribution in [-0.2, 0) is 4.74 Å². The number of carbonyl (C=O) groups is 1. The quantitative estimate of drug-likeness (QED) is 0.312. The summed E-state index contributed by atoms with van der Waals surface area (Å²) >= 11 is 5.73. The maximum Gasteiger partial charge on any atom is 0.407 e. The summed E-state index contributed by atoms with van der Waals surface area (Å²) in [6, 6.07) is 5.90. The predicted octanol–water partition coefficient (Wildman–Crippen LogP) is 3.71. The Hall–Kier alpha value is -0.570. The number of anilines is 1. The zero-order valence-electron chi connectivity index (χ0n) is 12.3. The number of ether oxygens (including phenoxy) is 1. The normalized spacial score (nSPS) is 22.2. The number of rotatable bonds is 2. The molecule has 0 saturated carbocycles. The van der Waals surface area contributed by atoms with Crippen LogP contribution in [-0.4, -0.2) is 33.3 Å². The van der Waals surface area contributed by atoms with Crippen LogP contribution in [0, 0.1) is 0 Å². The lowest BCUT2D eigenvalue weighted by molar-refractivity contribution is 0.0508. The van der Waals surface area contributed by atoms with Gasteiger partial charge in [-0.1, -0.05) is 28.7 Å². The summed E-state index contributed by atoms with van der Waals surface area (Å²) in [6.07, 6.45) is 0.513. The van der Waals surface area contributed by atoms with Gasteiger partial charge in [-0.05, 0) is 55.3 Å². The van der Waals surface area contributed by atoms with E-state index in [1.54, 1.807) is 0 Å². The Morgan fingerprint density at radius 1 is 1.52 bits per heavy atom. The van der Waals surface area contributed by atoms with Crippen LogP contribution >= 0.6 is 38.5 Å². The maximum absolute atomic E-state index is 11.9. The number of aromatic nitrogens is 1. The van der Waals surface area contributed by atoms with Crippen molar-refractivity contribution in [2.24, 2.45) is 0 Å². The highest BCUT2D eigenvalue weighted by Crippen LogP contribution is 2.29. The first-order valence-corrected chi connectivity index (χ1v) is 8.83. The lowest BCUT2D eigenvalue weighted by Gasteiger charge is -2.26. The van der Waals surface area contributed by atoms with E-state index in [1.165, 1.54) is 0 Å². The van der Waals surface area contributed by atoms with Crippen molar-refractivity contribution in [3.05, 3.63) is 22.8 Å². The Labute approximate surface area is 147 Å². The van der Waals surface area contributed by atoms with Crippen LogP contribution < -0.4 is 10.2 Å². The molecule has 1 aromatic heterocycles. The molecule has 1 amide bonds. The summed E-state index contributed by atoms with van der Waals surface area (Å²) in [5, 5.41) is 2.95. The van der Waals surface area contributed by atoms with Gasteiger partial charge in [0, 0.05) is 6.54 Å². The van der Waals surface area contributed by atoms with Gasteiger partial charge in [0.2, 0.25) is 0 Å². The highest BCUT2D eigenvalue weighted by atomic mass is 127. The molecule has 1 N–H and O–H groups in total. The molecule has 5 nitrogen and oxygen atoms in total. The molecule has 0 spiro atoms. The standard InChI is InChI=1S/C14H19BrIN3O2/c1-14(2,3)21-13(20)17-9-7-8-19(12(9)16)11-6-4-5-10(15)18-11/h4-6,9,12H,7-8H2,1-3H3,(H,17,20). The summed E-state index contributed by atoms with van der Waals surface area (Å²) < 4.78 is 6.28. The summed E-state index contributed by atoms with van der Waals surface area (Å²) in [7, 11) is 0. The van der Waals surface area contributed by atoms with Gasteiger partial charge in [0.05, 0.1) is 6.04 Å². The van der Waals surface area contributed by atoms with Crippen LogP contribution in [0.5, 0.6) is 0 Å². The SMILES string of the molecule is CC(C)(C)OC(=O)NC1CCN(c2cccc(Br)n2)C1I. The largest absolute Gasteiger partial charge is 0.444 e. The third-order valence-electron chi connectivity index (χ3n) is 3.01. The molecule has 0 aliphatic carbocycles. The fourth-order valence-corrected chi connectivity index (χ4v) is 3.59. The number of amides is 1. The van der Waals surface area contributed by atoms with Gasteiger partial charge in [-0.25, -0.2) is 9.78 Å². The van der Waals surface area contributed by atoms with Crippen LogP contribution in [0.4, 0.5) is 10.6 Å². The number of carbonyl (C=O) groups excluding carboxylic acids is 1. The average Bonchev–Trinajstić information content (AvgIpc) is 2.68. The first-order chi connectivity index (χ1) is 9.76. The van der Waals surface area contributed by atoms with E-state index in [0.29, 0.717) is 0 Å². The van der Waals surface area contributed by atoms with Crippen molar-refractivity contribution in [2.45, 2.75) is 42.9 Å². The molecule has 2 unspecified atom stereocenters. The van der Waals surface area contributed by atoms with Crippen molar-refractivity contribution in [1.82, 2.24) is 10.3 Å². The average molecular weight is 468 g/mol. The summed E-state index contributed by atoms with van der Waals surface area (Å²) in [6.45, 7) is 6.44. The minimum Gasteiger partial charge on any atom is -0.444 e. The van der Waals surface area contributed by atoms with Crippen molar-refractivity contribution in [2.75, 3.05) is 11.4 Å². The molecule has 1 saturated heterocycles. The van der Waals surface area contributed by atoms with Crippen molar-refractivity contribution < 1.29 is 9.53 Å². The summed E-state index contributed by atoms with van der Waals surface area (Å²) in [4.78, 5) is 18.5. The second-order valence-corrected chi connectivity index (χ2v) is 8.01. The van der Waals surface area contributed by atoms with E-state index < -0.39 is 5.60 Å². The molecule has 1 aliphatic heterocycles. The van der Waals surface area contributed by atoms with Gasteiger partial charge in [-0.2, -0.15) is 0 Å². The van der Waals surface area contributed by atoms with Gasteiger partial charge in [0.1, 0.15) is 20.1 Å². The monoisotopic (exact) mass is 467 g/mol. The second kappa shape index (κ2) is 6.68. The minimum atomic E-state index is -0.477. The smallest absolute Gasteiger partial charge is 0.407 e. The lowest BCUT2D eigenvalue weighted by Crippen LogP contribution is -2.44. The van der Waals surface area contributed by atoms with Gasteiger partial charge < -0.3 is 15.0 Å². The Kier molecular flexibility index (Phi) is 5.34. The molecular formula is C14H19BrIN3O2. The van der Waals surface area contributed by atoms with Gasteiger partial charge in [0.25, 0.3) is 0 Å². The van der Waals surface area contributed by atoms with Gasteiger partial charge >= 0.3 is 6.09 Å². The van der Waals surface area contributed by atoms with Crippen molar-refractivity contribution in [3.63, 3.8) is 0 Å². The zero-order valence-corrected chi connectivity index (χ0v) is 16.0. The first kappa shape index (κ1) is 16.8. The highest BCUT2D eigenvalue weighted by molar-refractivity contribution is 14.1. The summed E-state index contributed by atoms with van der Waals surface area (Å²) in [5.41, 5.74) is -0.477. The maximum atomic E-state index is 11.9. The van der Waals surface area contributed by atoms with E-state index in [9.17, 15) is 4.79 Å². The number of pyridine rings is 1. The molecule has 0 aromatic carbocycles. The van der Waals surface area contributed by atoms with Crippen LogP contribution in [0.25, 0.3) is 0 Å². The van der Waals surface area contributed by atoms with Gasteiger partial charge in [-0.15, -0.1) is 0 Å². The van der Waals surface area contributed by atoms with Crippen LogP contribution in [0.2, 0.25) is 0 Å². The summed E-state index contributed by atoms with van der Waals surface area (Å²) in [5.74, 6) is 0.914. The molecule has 21 heavy (non-hydrogen) atoms. The molecular weight excluding hydrogens is 449 g/mol. The topological polar surface area (TPSA) is 54.5 Å². The molecule has 0 radical (unpaired) electrons. The van der Waals surface area contributed by atoms with E-state index in [2.05, 4.69) is 53.7 Å². The Bertz CT molecular complexity index is 521. The number of alkyl carbamates (subject to hydrolysis) is 1. The van der Waals surface area contributed by atoms with Crippen LogP contribution in [0.15, 0.2) is 22.8 Å². The highest BCUT2D eigenvalue weighted by Gasteiger charge is 2.34. The zero-order chi connectivity index (χ0) is 15.6. The van der Waals surface area contributed by atoms with E-state index >= 15 is 0 Å². The van der Waals surface area contributed by atoms with Gasteiger partial charge in [0.15, 0.2) is 0 Å². The number of alkyl halides is 1. The van der Waals surface area contributed by atoms with E-state index in [4.69, 9.17) is 4.74 Å². The molecule has 1 fully saturated rings. The second-order valence-electron chi connectivity index (χ2n) is 5.93. The lowest BCUT2D eigenvalue weighted by atomic mass is 10.2. The fraction of sp³-hybridized carbons (Fsp3) is 0.571. The predicted molar refractivity (Wildman–Crippen MR) is 94.9 cm³/mol. The number of halogens is 2. The van der Waals surface area contributed by atoms with Crippen molar-refractivity contribution in [1.29, 1.82) is 0 Å². The van der Waals surface area contributed by atoms with Gasteiger partial charge in [-0.3, -0.25) is 0 Å². The Morgan fingerprint density at radius 3 is 2.86 bits per heavy atom. The third kappa shape index (κ3) is 4.70. The number of nitrogens with zero attached hydrogens (tertiary/aromatic N) is 2. The third-order valence-corrected chi connectivity index (χ3v) is 4.99. The fourth-order valence-electron chi connectivity index (χ4n) is 2.15.